The van der Waals surface area contributed by atoms with Gasteiger partial charge in [0.1, 0.15) is 0 Å². The van der Waals surface area contributed by atoms with Crippen LogP contribution in [0.3, 0.4) is 0 Å². The number of carbonyl (C=O) groups is 1. The van der Waals surface area contributed by atoms with E-state index in [2.05, 4.69) is 33.0 Å². The van der Waals surface area contributed by atoms with Crippen LogP contribution in [0.25, 0.3) is 0 Å². The second-order valence-corrected chi connectivity index (χ2v) is 5.36. The van der Waals surface area contributed by atoms with E-state index in [1.807, 2.05) is 6.92 Å². The molecule has 0 aromatic carbocycles. The van der Waals surface area contributed by atoms with Gasteiger partial charge in [0, 0.05) is 12.5 Å². The highest BCUT2D eigenvalue weighted by Crippen LogP contribution is 2.10. The third kappa shape index (κ3) is 8.46. The molecule has 2 heteroatoms. The Balaban J connectivity index is 3.56. The molecule has 0 aliphatic rings. The molecule has 0 saturated heterocycles. The quantitative estimate of drug-likeness (QED) is 0.646. The maximum atomic E-state index is 11.6. The van der Waals surface area contributed by atoms with E-state index in [1.165, 1.54) is 6.42 Å². The summed E-state index contributed by atoms with van der Waals surface area (Å²) >= 11 is 0. The van der Waals surface area contributed by atoms with E-state index >= 15 is 0 Å². The van der Waals surface area contributed by atoms with Gasteiger partial charge >= 0.3 is 0 Å². The molecule has 0 bridgehead atoms. The minimum Gasteiger partial charge on any atom is -0.356 e. The molecule has 1 N–H and O–H groups in total. The topological polar surface area (TPSA) is 29.1 Å². The second kappa shape index (κ2) is 7.72. The molecule has 0 fully saturated rings. The van der Waals surface area contributed by atoms with Gasteiger partial charge in [-0.1, -0.05) is 34.6 Å². The molecule has 0 unspecified atom stereocenters. The first-order valence-electron chi connectivity index (χ1n) is 6.21. The summed E-state index contributed by atoms with van der Waals surface area (Å²) in [5.74, 6) is 1.70. The van der Waals surface area contributed by atoms with Gasteiger partial charge in [-0.05, 0) is 31.1 Å². The smallest absolute Gasteiger partial charge is 0.222 e. The lowest BCUT2D eigenvalue weighted by molar-refractivity contribution is -0.124. The van der Waals surface area contributed by atoms with E-state index < -0.39 is 0 Å². The molecule has 90 valence electrons. The normalized spacial score (nSPS) is 13.3. The predicted molar refractivity (Wildman–Crippen MR) is 65.7 cm³/mol. The third-order valence-corrected chi connectivity index (χ3v) is 2.53. The van der Waals surface area contributed by atoms with Crippen LogP contribution in [0, 0.1) is 17.8 Å². The lowest BCUT2D eigenvalue weighted by Crippen LogP contribution is -2.30. The van der Waals surface area contributed by atoms with Crippen molar-refractivity contribution >= 4 is 5.91 Å². The molecule has 2 nitrogen and oxygen atoms in total. The summed E-state index contributed by atoms with van der Waals surface area (Å²) in [6.45, 7) is 11.6. The highest BCUT2D eigenvalue weighted by Gasteiger charge is 2.13. The average molecular weight is 213 g/mol. The lowest BCUT2D eigenvalue weighted by Gasteiger charge is -2.14. The van der Waals surface area contributed by atoms with Gasteiger partial charge in [-0.15, -0.1) is 0 Å². The van der Waals surface area contributed by atoms with Crippen molar-refractivity contribution in [3.8, 4) is 0 Å². The van der Waals surface area contributed by atoms with Gasteiger partial charge in [-0.25, -0.2) is 0 Å². The van der Waals surface area contributed by atoms with Crippen LogP contribution in [-0.2, 0) is 4.79 Å². The molecule has 0 aromatic rings. The van der Waals surface area contributed by atoms with Crippen LogP contribution in [0.1, 0.15) is 53.9 Å². The second-order valence-electron chi connectivity index (χ2n) is 5.36. The number of rotatable bonds is 7. The highest BCUT2D eigenvalue weighted by atomic mass is 16.1. The Kier molecular flexibility index (Phi) is 7.45. The molecule has 0 aliphatic carbocycles. The van der Waals surface area contributed by atoms with E-state index in [0.717, 1.165) is 25.3 Å². The number of amides is 1. The van der Waals surface area contributed by atoms with Crippen molar-refractivity contribution in [2.24, 2.45) is 17.8 Å². The Labute approximate surface area is 94.8 Å². The first kappa shape index (κ1) is 14.5. The Morgan fingerprint density at radius 2 is 1.67 bits per heavy atom. The first-order valence-corrected chi connectivity index (χ1v) is 6.21. The van der Waals surface area contributed by atoms with Crippen LogP contribution < -0.4 is 5.32 Å². The van der Waals surface area contributed by atoms with E-state index in [1.54, 1.807) is 0 Å². The van der Waals surface area contributed by atoms with Crippen molar-refractivity contribution in [1.82, 2.24) is 5.32 Å². The van der Waals surface area contributed by atoms with Crippen molar-refractivity contribution in [3.63, 3.8) is 0 Å². The van der Waals surface area contributed by atoms with Gasteiger partial charge in [0.25, 0.3) is 0 Å². The SMILES string of the molecule is CC(C)CCCNC(=O)[C@H](C)CC(C)C. The van der Waals surface area contributed by atoms with E-state index in [4.69, 9.17) is 0 Å². The van der Waals surface area contributed by atoms with Crippen LogP contribution >= 0.6 is 0 Å². The minimum absolute atomic E-state index is 0.157. The van der Waals surface area contributed by atoms with Crippen molar-refractivity contribution in [3.05, 3.63) is 0 Å². The summed E-state index contributed by atoms with van der Waals surface area (Å²) in [7, 11) is 0. The first-order chi connectivity index (χ1) is 6.93. The summed E-state index contributed by atoms with van der Waals surface area (Å²) in [4.78, 5) is 11.6. The van der Waals surface area contributed by atoms with Crippen LogP contribution in [0.2, 0.25) is 0 Å². The molecule has 0 saturated carbocycles. The maximum absolute atomic E-state index is 11.6. The molecule has 0 radical (unpaired) electrons. The zero-order valence-corrected chi connectivity index (χ0v) is 11.0. The van der Waals surface area contributed by atoms with Gasteiger partial charge in [0.15, 0.2) is 0 Å². The summed E-state index contributed by atoms with van der Waals surface area (Å²) < 4.78 is 0. The van der Waals surface area contributed by atoms with Gasteiger partial charge in [-0.3, -0.25) is 4.79 Å². The van der Waals surface area contributed by atoms with Crippen LogP contribution in [0.5, 0.6) is 0 Å². The zero-order chi connectivity index (χ0) is 11.8. The molecule has 0 aromatic heterocycles. The fraction of sp³-hybridized carbons (Fsp3) is 0.923. The Hall–Kier alpha value is -0.530. The van der Waals surface area contributed by atoms with Crippen molar-refractivity contribution in [2.75, 3.05) is 6.54 Å². The highest BCUT2D eigenvalue weighted by molar-refractivity contribution is 5.78. The summed E-state index contributed by atoms with van der Waals surface area (Å²) in [5.41, 5.74) is 0. The summed E-state index contributed by atoms with van der Waals surface area (Å²) in [6.07, 6.45) is 3.27. The van der Waals surface area contributed by atoms with Gasteiger partial charge in [0.05, 0.1) is 0 Å². The number of hydrogen-bond acceptors (Lipinski definition) is 1. The minimum atomic E-state index is 0.157. The molecule has 0 heterocycles. The van der Waals surface area contributed by atoms with Crippen LogP contribution in [0.15, 0.2) is 0 Å². The van der Waals surface area contributed by atoms with E-state index in [0.29, 0.717) is 5.92 Å². The molecule has 0 spiro atoms. The molecule has 1 atom stereocenters. The average Bonchev–Trinajstić information content (AvgIpc) is 2.10. The fourth-order valence-electron chi connectivity index (χ4n) is 1.71. The van der Waals surface area contributed by atoms with Gasteiger partial charge in [-0.2, -0.15) is 0 Å². The number of carbonyl (C=O) groups excluding carboxylic acids is 1. The Morgan fingerprint density at radius 3 is 2.13 bits per heavy atom. The lowest BCUT2D eigenvalue weighted by atomic mass is 9.98. The van der Waals surface area contributed by atoms with E-state index in [9.17, 15) is 4.79 Å². The summed E-state index contributed by atoms with van der Waals surface area (Å²) in [5, 5.41) is 3.00. The van der Waals surface area contributed by atoms with Crippen LogP contribution in [-0.4, -0.2) is 12.5 Å². The van der Waals surface area contributed by atoms with Crippen molar-refractivity contribution < 1.29 is 4.79 Å². The fourth-order valence-corrected chi connectivity index (χ4v) is 1.71. The monoisotopic (exact) mass is 213 g/mol. The number of hydrogen-bond donors (Lipinski definition) is 1. The molecule has 15 heavy (non-hydrogen) atoms. The molecule has 0 rings (SSSR count). The molecule has 1 amide bonds. The van der Waals surface area contributed by atoms with Crippen LogP contribution in [0.4, 0.5) is 0 Å². The van der Waals surface area contributed by atoms with E-state index in [-0.39, 0.29) is 11.8 Å². The third-order valence-electron chi connectivity index (χ3n) is 2.53. The zero-order valence-electron chi connectivity index (χ0n) is 11.0. The maximum Gasteiger partial charge on any atom is 0.222 e. The predicted octanol–water partition coefficient (Wildman–Crippen LogP) is 3.22. The largest absolute Gasteiger partial charge is 0.356 e. The van der Waals surface area contributed by atoms with Gasteiger partial charge in [0.2, 0.25) is 5.91 Å². The van der Waals surface area contributed by atoms with Gasteiger partial charge < -0.3 is 5.32 Å². The molecular formula is C13H27NO. The summed E-state index contributed by atoms with van der Waals surface area (Å²) in [6, 6.07) is 0. The standard InChI is InChI=1S/C13H27NO/c1-10(2)7-6-8-14-13(15)12(5)9-11(3)4/h10-12H,6-9H2,1-5H3,(H,14,15)/t12-/m1/s1. The number of nitrogens with one attached hydrogen (secondary N) is 1. The van der Waals surface area contributed by atoms with Crippen molar-refractivity contribution in [2.45, 2.75) is 53.9 Å². The molecule has 0 aliphatic heterocycles. The Morgan fingerprint density at radius 1 is 1.07 bits per heavy atom. The Bertz CT molecular complexity index is 175. The van der Waals surface area contributed by atoms with Crippen molar-refractivity contribution in [1.29, 1.82) is 0 Å². The molecular weight excluding hydrogens is 186 g/mol.